The number of benzene rings is 1. The summed E-state index contributed by atoms with van der Waals surface area (Å²) in [5, 5.41) is 12.0. The van der Waals surface area contributed by atoms with Gasteiger partial charge in [0, 0.05) is 17.1 Å². The van der Waals surface area contributed by atoms with Crippen molar-refractivity contribution < 1.29 is 19.5 Å². The Labute approximate surface area is 197 Å². The van der Waals surface area contributed by atoms with Gasteiger partial charge in [0.2, 0.25) is 0 Å². The minimum atomic E-state index is -0.980. The minimum absolute atomic E-state index is 0.213. The number of carboxylic acid groups (broad SMARTS) is 1. The minimum Gasteiger partial charge on any atom is -0.478 e. The molecular weight excluding hydrogens is 466 g/mol. The zero-order valence-corrected chi connectivity index (χ0v) is 19.4. The molecule has 3 heterocycles. The van der Waals surface area contributed by atoms with Crippen molar-refractivity contribution in [3.8, 4) is 5.69 Å². The zero-order valence-electron chi connectivity index (χ0n) is 17.0. The number of nitrogens with one attached hydrogen (secondary N) is 1. The number of aromatic nitrogens is 1. The van der Waals surface area contributed by atoms with Crippen molar-refractivity contribution in [1.82, 2.24) is 15.0 Å². The molecule has 0 saturated carbocycles. The topological polar surface area (TPSA) is 91.6 Å². The fraction of sp³-hybridized carbons (Fsp3) is 0.0909. The predicted molar refractivity (Wildman–Crippen MR) is 129 cm³/mol. The number of hydrogen-bond donors (Lipinski definition) is 2. The Morgan fingerprint density at radius 3 is 2.50 bits per heavy atom. The molecule has 2 N–H and O–H groups in total. The van der Waals surface area contributed by atoms with Crippen molar-refractivity contribution in [3.05, 3.63) is 80.1 Å². The molecule has 1 saturated heterocycles. The van der Waals surface area contributed by atoms with Gasteiger partial charge in [0.25, 0.3) is 11.8 Å². The van der Waals surface area contributed by atoms with Crippen LogP contribution < -0.4 is 5.43 Å². The molecule has 0 bridgehead atoms. The number of amides is 2. The summed E-state index contributed by atoms with van der Waals surface area (Å²) >= 11 is 7.70. The highest BCUT2D eigenvalue weighted by molar-refractivity contribution is 8.26. The summed E-state index contributed by atoms with van der Waals surface area (Å²) in [5.41, 5.74) is 6.24. The van der Waals surface area contributed by atoms with Crippen molar-refractivity contribution in [2.75, 3.05) is 0 Å². The highest BCUT2D eigenvalue weighted by Crippen LogP contribution is 2.33. The van der Waals surface area contributed by atoms with Crippen LogP contribution in [0.15, 0.2) is 52.7 Å². The van der Waals surface area contributed by atoms with Crippen LogP contribution in [0.5, 0.6) is 0 Å². The fourth-order valence-corrected chi connectivity index (χ4v) is 5.14. The van der Waals surface area contributed by atoms with Crippen LogP contribution in [0, 0.1) is 13.8 Å². The Morgan fingerprint density at radius 1 is 1.16 bits per heavy atom. The summed E-state index contributed by atoms with van der Waals surface area (Å²) in [6.45, 7) is 3.85. The van der Waals surface area contributed by atoms with E-state index >= 15 is 0 Å². The zero-order chi connectivity index (χ0) is 23.0. The highest BCUT2D eigenvalue weighted by Gasteiger charge is 2.34. The summed E-state index contributed by atoms with van der Waals surface area (Å²) in [4.78, 5) is 37.2. The summed E-state index contributed by atoms with van der Waals surface area (Å²) < 4.78 is 2.24. The lowest BCUT2D eigenvalue weighted by Gasteiger charge is -2.14. The molecule has 10 heteroatoms. The van der Waals surface area contributed by atoms with Crippen LogP contribution in [0.1, 0.15) is 37.0 Å². The number of carboxylic acids is 1. The Kier molecular flexibility index (Phi) is 6.00. The van der Waals surface area contributed by atoms with Crippen LogP contribution >= 0.6 is 35.3 Å². The molecule has 1 aromatic carbocycles. The molecule has 0 spiro atoms. The van der Waals surface area contributed by atoms with Gasteiger partial charge in [0.05, 0.1) is 15.3 Å². The largest absolute Gasteiger partial charge is 0.478 e. The second-order valence-electron chi connectivity index (χ2n) is 6.95. The maximum Gasteiger partial charge on any atom is 0.335 e. The monoisotopic (exact) mass is 483 g/mol. The van der Waals surface area contributed by atoms with Crippen LogP contribution in [0.2, 0.25) is 0 Å². The first kappa shape index (κ1) is 22.0. The molecule has 0 atom stereocenters. The molecule has 1 aliphatic heterocycles. The Hall–Kier alpha value is -3.21. The first-order chi connectivity index (χ1) is 15.3. The quantitative estimate of drug-likeness (QED) is 0.413. The van der Waals surface area contributed by atoms with Crippen LogP contribution in [0.3, 0.4) is 0 Å². The van der Waals surface area contributed by atoms with Crippen LogP contribution in [-0.4, -0.2) is 36.8 Å². The Bertz CT molecular complexity index is 1270. The van der Waals surface area contributed by atoms with Crippen LogP contribution in [-0.2, 0) is 4.79 Å². The summed E-state index contributed by atoms with van der Waals surface area (Å²) in [6, 6.07) is 12.0. The number of thiophene rings is 1. The molecule has 3 aromatic rings. The number of aryl methyl sites for hydroxylation is 1. The van der Waals surface area contributed by atoms with Crippen molar-refractivity contribution >= 4 is 63.5 Å². The van der Waals surface area contributed by atoms with Gasteiger partial charge in [-0.05, 0) is 79.5 Å². The van der Waals surface area contributed by atoms with E-state index in [1.807, 2.05) is 24.5 Å². The second kappa shape index (κ2) is 8.73. The van der Waals surface area contributed by atoms with E-state index in [4.69, 9.17) is 17.3 Å². The van der Waals surface area contributed by atoms with Crippen LogP contribution in [0.4, 0.5) is 0 Å². The molecule has 0 unspecified atom stereocenters. The lowest BCUT2D eigenvalue weighted by atomic mass is 10.2. The van der Waals surface area contributed by atoms with Crippen molar-refractivity contribution in [2.24, 2.45) is 0 Å². The van der Waals surface area contributed by atoms with Gasteiger partial charge in [-0.25, -0.2) is 4.79 Å². The predicted octanol–water partition coefficient (Wildman–Crippen LogP) is 4.40. The van der Waals surface area contributed by atoms with Crippen molar-refractivity contribution in [2.45, 2.75) is 13.8 Å². The van der Waals surface area contributed by atoms with Gasteiger partial charge in [-0.15, -0.1) is 11.3 Å². The first-order valence-electron chi connectivity index (χ1n) is 9.41. The summed E-state index contributed by atoms with van der Waals surface area (Å²) in [5.74, 6) is -1.76. The maximum absolute atomic E-state index is 12.9. The van der Waals surface area contributed by atoms with Gasteiger partial charge in [-0.1, -0.05) is 17.8 Å². The third kappa shape index (κ3) is 4.12. The van der Waals surface area contributed by atoms with E-state index in [2.05, 4.69) is 5.43 Å². The fourth-order valence-electron chi connectivity index (χ4n) is 3.35. The Balaban J connectivity index is 1.59. The molecule has 162 valence electrons. The van der Waals surface area contributed by atoms with Gasteiger partial charge in [-0.3, -0.25) is 15.0 Å². The van der Waals surface area contributed by atoms with E-state index in [9.17, 15) is 14.4 Å². The number of rotatable bonds is 5. The van der Waals surface area contributed by atoms with E-state index in [-0.39, 0.29) is 21.7 Å². The van der Waals surface area contributed by atoms with Crippen molar-refractivity contribution in [3.63, 3.8) is 0 Å². The number of carbonyl (C=O) groups excluding carboxylic acids is 2. The van der Waals surface area contributed by atoms with E-state index in [0.717, 1.165) is 39.4 Å². The standard InChI is InChI=1S/C22H17N3O4S3/c1-12-10-15(13(2)24(12)16-7-5-14(6-8-16)21(28)29)11-18-20(27)25(22(30)32-18)23-19(26)17-4-3-9-31-17/h3-11H,1-2H3,(H,23,26)(H,28,29)/b18-11+. The smallest absolute Gasteiger partial charge is 0.335 e. The lowest BCUT2D eigenvalue weighted by Crippen LogP contribution is -2.44. The Morgan fingerprint density at radius 2 is 1.88 bits per heavy atom. The molecule has 0 aliphatic carbocycles. The molecule has 0 radical (unpaired) electrons. The summed E-state index contributed by atoms with van der Waals surface area (Å²) in [6.07, 6.45) is 1.75. The molecule has 2 aromatic heterocycles. The second-order valence-corrected chi connectivity index (χ2v) is 9.57. The average Bonchev–Trinajstić information content (AvgIpc) is 3.45. The lowest BCUT2D eigenvalue weighted by molar-refractivity contribution is -0.123. The van der Waals surface area contributed by atoms with E-state index in [1.54, 1.807) is 47.9 Å². The third-order valence-electron chi connectivity index (χ3n) is 4.88. The van der Waals surface area contributed by atoms with Gasteiger partial charge in [0.1, 0.15) is 0 Å². The van der Waals surface area contributed by atoms with Crippen molar-refractivity contribution in [1.29, 1.82) is 0 Å². The van der Waals surface area contributed by atoms with E-state index in [1.165, 1.54) is 11.3 Å². The SMILES string of the molecule is Cc1cc(/C=C2/SC(=S)N(NC(=O)c3cccs3)C2=O)c(C)n1-c1ccc(C(=O)O)cc1. The van der Waals surface area contributed by atoms with E-state index in [0.29, 0.717) is 9.78 Å². The molecule has 2 amide bonds. The van der Waals surface area contributed by atoms with Gasteiger partial charge < -0.3 is 9.67 Å². The van der Waals surface area contributed by atoms with Gasteiger partial charge >= 0.3 is 5.97 Å². The van der Waals surface area contributed by atoms with E-state index < -0.39 is 5.97 Å². The molecule has 4 rings (SSSR count). The number of thioether (sulfide) groups is 1. The maximum atomic E-state index is 12.9. The number of carbonyl (C=O) groups is 3. The average molecular weight is 484 g/mol. The number of hydrogen-bond acceptors (Lipinski definition) is 6. The number of aromatic carboxylic acids is 1. The number of hydrazine groups is 1. The molecule has 1 fully saturated rings. The molecule has 32 heavy (non-hydrogen) atoms. The molecule has 7 nitrogen and oxygen atoms in total. The third-order valence-corrected chi connectivity index (χ3v) is 7.05. The molecule has 1 aliphatic rings. The van der Waals surface area contributed by atoms with Crippen LogP contribution in [0.25, 0.3) is 11.8 Å². The number of nitrogens with zero attached hydrogens (tertiary/aromatic N) is 2. The number of thiocarbonyl (C=S) groups is 1. The summed E-state index contributed by atoms with van der Waals surface area (Å²) in [7, 11) is 0. The van der Waals surface area contributed by atoms with Gasteiger partial charge in [-0.2, -0.15) is 5.01 Å². The highest BCUT2D eigenvalue weighted by atomic mass is 32.2. The normalized spacial score (nSPS) is 14.9. The first-order valence-corrected chi connectivity index (χ1v) is 11.5. The van der Waals surface area contributed by atoms with Gasteiger partial charge in [0.15, 0.2) is 4.32 Å². The molecular formula is C22H17N3O4S3.